The van der Waals surface area contributed by atoms with E-state index < -0.39 is 23.5 Å². The molecule has 24 heavy (non-hydrogen) atoms. The first-order chi connectivity index (χ1) is 11.3. The summed E-state index contributed by atoms with van der Waals surface area (Å²) in [5.74, 6) is -2.15. The van der Waals surface area contributed by atoms with Crippen LogP contribution in [0.2, 0.25) is 0 Å². The quantitative estimate of drug-likeness (QED) is 0.506. The lowest BCUT2D eigenvalue weighted by Gasteiger charge is -2.09. The molecular formula is C13H9F4N5O2. The molecule has 0 fully saturated rings. The predicted molar refractivity (Wildman–Crippen MR) is 69.6 cm³/mol. The molecule has 1 aromatic carbocycles. The first-order valence-electron chi connectivity index (χ1n) is 6.36. The average Bonchev–Trinajstić information content (AvgIpc) is 2.97. The lowest BCUT2D eigenvalue weighted by atomic mass is 10.1. The van der Waals surface area contributed by atoms with E-state index >= 15 is 0 Å². The number of halogens is 4. The van der Waals surface area contributed by atoms with Gasteiger partial charge in [0.25, 0.3) is 5.91 Å². The topological polar surface area (TPSA) is 92.8 Å². The molecular weight excluding hydrogens is 334 g/mol. The molecule has 126 valence electrons. The number of carbonyl (C=O) groups is 1. The highest BCUT2D eigenvalue weighted by Crippen LogP contribution is 2.31. The van der Waals surface area contributed by atoms with E-state index in [1.807, 2.05) is 5.48 Å². The number of hydrogen-bond donors (Lipinski definition) is 1. The van der Waals surface area contributed by atoms with Gasteiger partial charge in [0.1, 0.15) is 5.82 Å². The molecule has 0 atom stereocenters. The molecule has 7 nitrogen and oxygen atoms in total. The molecule has 1 N–H and O–H groups in total. The molecule has 0 aliphatic rings. The number of nitrogens with zero attached hydrogens (tertiary/aromatic N) is 4. The van der Waals surface area contributed by atoms with Gasteiger partial charge in [-0.05, 0) is 17.7 Å². The van der Waals surface area contributed by atoms with E-state index in [0.717, 1.165) is 4.68 Å². The van der Waals surface area contributed by atoms with Crippen LogP contribution in [0.1, 0.15) is 21.6 Å². The summed E-state index contributed by atoms with van der Waals surface area (Å²) in [5, 5.41) is 15.4. The van der Waals surface area contributed by atoms with Gasteiger partial charge in [-0.2, -0.15) is 18.4 Å². The summed E-state index contributed by atoms with van der Waals surface area (Å²) < 4.78 is 52.3. The van der Waals surface area contributed by atoms with Crippen LogP contribution in [0.5, 0.6) is 0 Å². The number of aromatic nitrogens is 3. The molecule has 0 saturated carbocycles. The van der Waals surface area contributed by atoms with Crippen LogP contribution in [0, 0.1) is 17.1 Å². The number of hydroxylamine groups is 1. The Hall–Kier alpha value is -3.00. The fourth-order valence-electron chi connectivity index (χ4n) is 1.74. The van der Waals surface area contributed by atoms with E-state index in [1.54, 1.807) is 6.07 Å². The third kappa shape index (κ3) is 4.26. The minimum Gasteiger partial charge on any atom is -0.265 e. The lowest BCUT2D eigenvalue weighted by Crippen LogP contribution is -2.24. The fraction of sp³-hybridized carbons (Fsp3) is 0.231. The summed E-state index contributed by atoms with van der Waals surface area (Å²) in [6, 6.07) is 4.17. The van der Waals surface area contributed by atoms with Crippen LogP contribution in [-0.4, -0.2) is 27.5 Å². The molecule has 0 radical (unpaired) electrons. The Kier molecular flexibility index (Phi) is 5.10. The van der Waals surface area contributed by atoms with E-state index in [1.165, 1.54) is 12.3 Å². The molecule has 0 unspecified atom stereocenters. The first-order valence-corrected chi connectivity index (χ1v) is 6.36. The molecule has 1 amide bonds. The summed E-state index contributed by atoms with van der Waals surface area (Å²) in [6.45, 7) is -0.516. The Balaban J connectivity index is 2.10. The zero-order valence-electron chi connectivity index (χ0n) is 11.8. The number of rotatable bonds is 5. The van der Waals surface area contributed by atoms with Gasteiger partial charge in [0.15, 0.2) is 12.3 Å². The van der Waals surface area contributed by atoms with Crippen LogP contribution in [0.25, 0.3) is 0 Å². The number of nitriles is 1. The maximum absolute atomic E-state index is 13.2. The predicted octanol–water partition coefficient (Wildman–Crippen LogP) is 1.67. The molecule has 2 rings (SSSR count). The standard InChI is InChI=1S/C13H9F4N5O2/c14-10-2-1-8(5-9(10)13(15,16)17)6-22-7-11(19-21-22)12(23)20-24-4-3-18/h1-2,5,7H,4,6H2,(H,20,23). The van der Waals surface area contributed by atoms with Crippen molar-refractivity contribution < 1.29 is 27.2 Å². The number of carbonyl (C=O) groups excluding carboxylic acids is 1. The number of amides is 1. The van der Waals surface area contributed by atoms with Crippen LogP contribution in [0.15, 0.2) is 24.4 Å². The van der Waals surface area contributed by atoms with Gasteiger partial charge in [-0.25, -0.2) is 14.6 Å². The van der Waals surface area contributed by atoms with Gasteiger partial charge in [0, 0.05) is 0 Å². The molecule has 0 bridgehead atoms. The normalized spacial score (nSPS) is 11.1. The van der Waals surface area contributed by atoms with Crippen LogP contribution in [0.4, 0.5) is 17.6 Å². The minimum absolute atomic E-state index is 0.126. The summed E-state index contributed by atoms with van der Waals surface area (Å²) in [5.41, 5.74) is 0.517. The van der Waals surface area contributed by atoms with Gasteiger partial charge < -0.3 is 0 Å². The largest absolute Gasteiger partial charge is 0.419 e. The van der Waals surface area contributed by atoms with Crippen LogP contribution >= 0.6 is 0 Å². The maximum Gasteiger partial charge on any atom is 0.419 e. The molecule has 11 heteroatoms. The fourth-order valence-corrected chi connectivity index (χ4v) is 1.74. The van der Waals surface area contributed by atoms with E-state index in [4.69, 9.17) is 5.26 Å². The van der Waals surface area contributed by atoms with Gasteiger partial charge in [-0.15, -0.1) is 5.10 Å². The SMILES string of the molecule is N#CCONC(=O)c1cn(Cc2ccc(F)c(C(F)(F)F)c2)nn1. The number of nitrogens with one attached hydrogen (secondary N) is 1. The van der Waals surface area contributed by atoms with Crippen LogP contribution in [0.3, 0.4) is 0 Å². The summed E-state index contributed by atoms with van der Waals surface area (Å²) in [7, 11) is 0. The van der Waals surface area contributed by atoms with Crippen LogP contribution < -0.4 is 5.48 Å². The molecule has 2 aromatic rings. The van der Waals surface area contributed by atoms with Crippen molar-refractivity contribution in [3.05, 3.63) is 47.0 Å². The van der Waals surface area contributed by atoms with Crippen molar-refractivity contribution in [1.29, 1.82) is 5.26 Å². The average molecular weight is 343 g/mol. The van der Waals surface area contributed by atoms with Gasteiger partial charge >= 0.3 is 6.18 Å². The highest BCUT2D eigenvalue weighted by atomic mass is 19.4. The Bertz CT molecular complexity index is 781. The second-order valence-corrected chi connectivity index (χ2v) is 4.49. The molecule has 0 aliphatic heterocycles. The molecule has 1 aromatic heterocycles. The van der Waals surface area contributed by atoms with Crippen molar-refractivity contribution in [3.8, 4) is 6.07 Å². The summed E-state index contributed by atoms with van der Waals surface area (Å²) >= 11 is 0. The number of hydrogen-bond acceptors (Lipinski definition) is 5. The Labute approximate surface area is 132 Å². The van der Waals surface area contributed by atoms with Crippen molar-refractivity contribution in [2.45, 2.75) is 12.7 Å². The van der Waals surface area contributed by atoms with Gasteiger partial charge in [0.05, 0.1) is 24.4 Å². The molecule has 1 heterocycles. The Morgan fingerprint density at radius 3 is 2.83 bits per heavy atom. The minimum atomic E-state index is -4.81. The van der Waals surface area contributed by atoms with Gasteiger partial charge in [0.2, 0.25) is 0 Å². The Morgan fingerprint density at radius 1 is 1.42 bits per heavy atom. The highest BCUT2D eigenvalue weighted by molar-refractivity contribution is 5.91. The van der Waals surface area contributed by atoms with E-state index in [9.17, 15) is 22.4 Å². The zero-order valence-corrected chi connectivity index (χ0v) is 11.8. The van der Waals surface area contributed by atoms with Gasteiger partial charge in [-0.3, -0.25) is 9.63 Å². The van der Waals surface area contributed by atoms with E-state index in [2.05, 4.69) is 15.1 Å². The van der Waals surface area contributed by atoms with Gasteiger partial charge in [-0.1, -0.05) is 11.3 Å². The molecule has 0 spiro atoms. The van der Waals surface area contributed by atoms with Crippen molar-refractivity contribution in [2.24, 2.45) is 0 Å². The summed E-state index contributed by atoms with van der Waals surface area (Å²) in [4.78, 5) is 16.0. The number of alkyl halides is 3. The second-order valence-electron chi connectivity index (χ2n) is 4.49. The van der Waals surface area contributed by atoms with Crippen molar-refractivity contribution in [1.82, 2.24) is 20.5 Å². The Morgan fingerprint density at radius 2 is 2.17 bits per heavy atom. The highest BCUT2D eigenvalue weighted by Gasteiger charge is 2.34. The second kappa shape index (κ2) is 7.05. The first kappa shape index (κ1) is 17.4. The third-order valence-electron chi connectivity index (χ3n) is 2.75. The smallest absolute Gasteiger partial charge is 0.265 e. The summed E-state index contributed by atoms with van der Waals surface area (Å²) in [6.07, 6.45) is -3.65. The van der Waals surface area contributed by atoms with E-state index in [0.29, 0.717) is 12.1 Å². The third-order valence-corrected chi connectivity index (χ3v) is 2.75. The van der Waals surface area contributed by atoms with Crippen LogP contribution in [-0.2, 0) is 17.6 Å². The molecule has 0 saturated heterocycles. The lowest BCUT2D eigenvalue weighted by molar-refractivity contribution is -0.140. The maximum atomic E-state index is 13.2. The van der Waals surface area contributed by atoms with Crippen molar-refractivity contribution >= 4 is 5.91 Å². The van der Waals surface area contributed by atoms with Crippen molar-refractivity contribution in [3.63, 3.8) is 0 Å². The monoisotopic (exact) mass is 343 g/mol. The molecule has 0 aliphatic carbocycles. The van der Waals surface area contributed by atoms with E-state index in [-0.39, 0.29) is 24.4 Å². The zero-order chi connectivity index (χ0) is 17.7. The number of benzene rings is 1. The van der Waals surface area contributed by atoms with Crippen molar-refractivity contribution in [2.75, 3.05) is 6.61 Å².